The molecular weight excluding hydrogens is 288 g/mol. The molecule has 0 saturated carbocycles. The van der Waals surface area contributed by atoms with Gasteiger partial charge in [0.1, 0.15) is 17.1 Å². The molecule has 0 amide bonds. The Kier molecular flexibility index (Phi) is 3.50. The zero-order chi connectivity index (χ0) is 14.8. The summed E-state index contributed by atoms with van der Waals surface area (Å²) in [6.07, 6.45) is 2.92. The number of para-hydroxylation sites is 1. The molecule has 0 bridgehead atoms. The summed E-state index contributed by atoms with van der Waals surface area (Å²) in [5, 5.41) is 11.0. The van der Waals surface area contributed by atoms with Crippen LogP contribution in [0.2, 0.25) is 5.02 Å². The molecule has 0 aliphatic heterocycles. The van der Waals surface area contributed by atoms with E-state index in [1.165, 1.54) is 24.3 Å². The number of carbonyl (C=O) groups excluding carboxylic acids is 1. The summed E-state index contributed by atoms with van der Waals surface area (Å²) < 4.78 is 5.58. The van der Waals surface area contributed by atoms with Crippen LogP contribution >= 0.6 is 11.6 Å². The first kappa shape index (κ1) is 13.5. The van der Waals surface area contributed by atoms with Crippen LogP contribution in [-0.4, -0.2) is 10.9 Å². The van der Waals surface area contributed by atoms with Crippen LogP contribution in [-0.2, 0) is 0 Å². The smallest absolute Gasteiger partial charge is 0.189 e. The van der Waals surface area contributed by atoms with E-state index in [9.17, 15) is 9.90 Å². The van der Waals surface area contributed by atoms with Crippen molar-refractivity contribution in [2.45, 2.75) is 0 Å². The van der Waals surface area contributed by atoms with Gasteiger partial charge in [-0.1, -0.05) is 29.8 Å². The summed E-state index contributed by atoms with van der Waals surface area (Å²) in [6, 6.07) is 13.8. The molecular formula is C17H11ClO3. The van der Waals surface area contributed by atoms with Crippen molar-refractivity contribution in [2.75, 3.05) is 0 Å². The maximum Gasteiger partial charge on any atom is 0.189 e. The predicted octanol–water partition coefficient (Wildman–Crippen LogP) is 4.69. The van der Waals surface area contributed by atoms with Gasteiger partial charge in [-0.05, 0) is 42.5 Å². The number of furan rings is 1. The van der Waals surface area contributed by atoms with Gasteiger partial charge in [-0.25, -0.2) is 0 Å². The van der Waals surface area contributed by atoms with Crippen molar-refractivity contribution in [3.63, 3.8) is 0 Å². The van der Waals surface area contributed by atoms with E-state index in [2.05, 4.69) is 0 Å². The summed E-state index contributed by atoms with van der Waals surface area (Å²) in [4.78, 5) is 12.1. The SMILES string of the molecule is O=C(/C=C/c1cc2ccccc2o1)c1cc(Cl)ccc1O. The maximum absolute atomic E-state index is 12.1. The number of allylic oxidation sites excluding steroid dienone is 1. The van der Waals surface area contributed by atoms with Gasteiger partial charge >= 0.3 is 0 Å². The summed E-state index contributed by atoms with van der Waals surface area (Å²) in [7, 11) is 0. The Morgan fingerprint density at radius 1 is 1.14 bits per heavy atom. The third kappa shape index (κ3) is 2.83. The van der Waals surface area contributed by atoms with Gasteiger partial charge in [-0.15, -0.1) is 0 Å². The van der Waals surface area contributed by atoms with Crippen molar-refractivity contribution in [1.29, 1.82) is 0 Å². The van der Waals surface area contributed by atoms with Crippen LogP contribution in [0, 0.1) is 0 Å². The Hall–Kier alpha value is -2.52. The number of rotatable bonds is 3. The van der Waals surface area contributed by atoms with Crippen LogP contribution in [0.3, 0.4) is 0 Å². The number of fused-ring (bicyclic) bond motifs is 1. The molecule has 1 aromatic heterocycles. The normalized spacial score (nSPS) is 11.3. The number of hydrogen-bond donors (Lipinski definition) is 1. The number of phenolic OH excluding ortho intramolecular Hbond substituents is 1. The highest BCUT2D eigenvalue weighted by Crippen LogP contribution is 2.23. The molecule has 0 spiro atoms. The van der Waals surface area contributed by atoms with Gasteiger partial charge < -0.3 is 9.52 Å². The van der Waals surface area contributed by atoms with E-state index < -0.39 is 0 Å². The molecule has 0 unspecified atom stereocenters. The number of carbonyl (C=O) groups is 1. The largest absolute Gasteiger partial charge is 0.507 e. The quantitative estimate of drug-likeness (QED) is 0.564. The lowest BCUT2D eigenvalue weighted by molar-refractivity contribution is 0.104. The minimum atomic E-state index is -0.338. The fourth-order valence-corrected chi connectivity index (χ4v) is 2.21. The Bertz CT molecular complexity index is 813. The molecule has 21 heavy (non-hydrogen) atoms. The van der Waals surface area contributed by atoms with Crippen LogP contribution in [0.5, 0.6) is 5.75 Å². The van der Waals surface area contributed by atoms with Gasteiger partial charge in [0.05, 0.1) is 5.56 Å². The van der Waals surface area contributed by atoms with E-state index >= 15 is 0 Å². The topological polar surface area (TPSA) is 50.4 Å². The van der Waals surface area contributed by atoms with Crippen molar-refractivity contribution in [3.8, 4) is 5.75 Å². The predicted molar refractivity (Wildman–Crippen MR) is 82.7 cm³/mol. The molecule has 0 aliphatic carbocycles. The van der Waals surface area contributed by atoms with E-state index in [0.29, 0.717) is 10.8 Å². The number of halogens is 1. The second kappa shape index (κ2) is 5.46. The van der Waals surface area contributed by atoms with Gasteiger partial charge in [0.2, 0.25) is 0 Å². The number of benzene rings is 2. The van der Waals surface area contributed by atoms with E-state index in [-0.39, 0.29) is 17.1 Å². The number of ketones is 1. The second-order valence-electron chi connectivity index (χ2n) is 4.55. The minimum Gasteiger partial charge on any atom is -0.507 e. The molecule has 0 radical (unpaired) electrons. The molecule has 3 nitrogen and oxygen atoms in total. The van der Waals surface area contributed by atoms with E-state index in [4.69, 9.17) is 16.0 Å². The van der Waals surface area contributed by atoms with Crippen molar-refractivity contribution in [1.82, 2.24) is 0 Å². The lowest BCUT2D eigenvalue weighted by Gasteiger charge is -2.00. The standard InChI is InChI=1S/C17H11ClO3/c18-12-5-7-15(19)14(10-12)16(20)8-6-13-9-11-3-1-2-4-17(11)21-13/h1-10,19H/b8-6+. The second-order valence-corrected chi connectivity index (χ2v) is 4.98. The average molecular weight is 299 g/mol. The van der Waals surface area contributed by atoms with Gasteiger partial charge in [0.15, 0.2) is 5.78 Å². The van der Waals surface area contributed by atoms with Gasteiger partial charge in [-0.3, -0.25) is 4.79 Å². The third-order valence-corrected chi connectivity index (χ3v) is 3.30. The summed E-state index contributed by atoms with van der Waals surface area (Å²) in [5.41, 5.74) is 0.921. The highest BCUT2D eigenvalue weighted by molar-refractivity contribution is 6.31. The first-order chi connectivity index (χ1) is 10.1. The lowest BCUT2D eigenvalue weighted by Crippen LogP contribution is -1.94. The van der Waals surface area contributed by atoms with Crippen molar-refractivity contribution >= 4 is 34.4 Å². The molecule has 3 rings (SSSR count). The molecule has 0 saturated heterocycles. The Balaban J connectivity index is 1.88. The fraction of sp³-hybridized carbons (Fsp3) is 0. The van der Waals surface area contributed by atoms with Gasteiger partial charge in [0, 0.05) is 10.4 Å². The van der Waals surface area contributed by atoms with Crippen molar-refractivity contribution in [2.24, 2.45) is 0 Å². The molecule has 3 aromatic rings. The Morgan fingerprint density at radius 2 is 1.95 bits per heavy atom. The van der Waals surface area contributed by atoms with E-state index in [1.807, 2.05) is 30.3 Å². The van der Waals surface area contributed by atoms with Crippen LogP contribution in [0.4, 0.5) is 0 Å². The molecule has 1 N–H and O–H groups in total. The van der Waals surface area contributed by atoms with Crippen molar-refractivity contribution in [3.05, 3.63) is 71.0 Å². The Labute approximate surface area is 126 Å². The zero-order valence-corrected chi connectivity index (χ0v) is 11.7. The number of hydrogen-bond acceptors (Lipinski definition) is 3. The first-order valence-corrected chi connectivity index (χ1v) is 6.71. The first-order valence-electron chi connectivity index (χ1n) is 6.33. The highest BCUT2D eigenvalue weighted by Gasteiger charge is 2.09. The summed E-state index contributed by atoms with van der Waals surface area (Å²) in [5.74, 6) is 0.139. The summed E-state index contributed by atoms with van der Waals surface area (Å²) in [6.45, 7) is 0. The molecule has 104 valence electrons. The third-order valence-electron chi connectivity index (χ3n) is 3.07. The number of aromatic hydroxyl groups is 1. The minimum absolute atomic E-state index is 0.0985. The lowest BCUT2D eigenvalue weighted by atomic mass is 10.1. The van der Waals surface area contributed by atoms with E-state index in [1.54, 1.807) is 6.08 Å². The average Bonchev–Trinajstić information content (AvgIpc) is 2.90. The molecule has 1 heterocycles. The van der Waals surface area contributed by atoms with E-state index in [0.717, 1.165) is 11.0 Å². The molecule has 0 atom stereocenters. The maximum atomic E-state index is 12.1. The molecule has 0 aliphatic rings. The Morgan fingerprint density at radius 3 is 2.76 bits per heavy atom. The van der Waals surface area contributed by atoms with Crippen LogP contribution in [0.25, 0.3) is 17.0 Å². The fourth-order valence-electron chi connectivity index (χ4n) is 2.04. The monoisotopic (exact) mass is 298 g/mol. The molecule has 4 heteroatoms. The van der Waals surface area contributed by atoms with Crippen LogP contribution in [0.1, 0.15) is 16.1 Å². The highest BCUT2D eigenvalue weighted by atomic mass is 35.5. The molecule has 0 fully saturated rings. The van der Waals surface area contributed by atoms with Crippen LogP contribution in [0.15, 0.2) is 59.0 Å². The van der Waals surface area contributed by atoms with Crippen molar-refractivity contribution < 1.29 is 14.3 Å². The zero-order valence-electron chi connectivity index (χ0n) is 10.9. The van der Waals surface area contributed by atoms with Crippen LogP contribution < -0.4 is 0 Å². The summed E-state index contributed by atoms with van der Waals surface area (Å²) >= 11 is 5.83. The molecule has 2 aromatic carbocycles. The van der Waals surface area contributed by atoms with Gasteiger partial charge in [0.25, 0.3) is 0 Å². The number of phenols is 1. The van der Waals surface area contributed by atoms with Gasteiger partial charge in [-0.2, -0.15) is 0 Å².